The minimum absolute atomic E-state index is 0.0210. The molecule has 0 unspecified atom stereocenters. The first-order valence-corrected chi connectivity index (χ1v) is 8.94. The lowest BCUT2D eigenvalue weighted by Crippen LogP contribution is -2.16. The predicted molar refractivity (Wildman–Crippen MR) is 112 cm³/mol. The number of nitrogens with two attached hydrogens (primary N) is 1. The lowest BCUT2D eigenvalue weighted by molar-refractivity contribution is -0.119. The molecule has 0 aliphatic heterocycles. The van der Waals surface area contributed by atoms with Gasteiger partial charge in [0.15, 0.2) is 0 Å². The van der Waals surface area contributed by atoms with Crippen molar-refractivity contribution in [3.05, 3.63) is 53.7 Å². The molecule has 3 rings (SSSR count). The van der Waals surface area contributed by atoms with Crippen LogP contribution in [0.1, 0.15) is 18.2 Å². The van der Waals surface area contributed by atoms with E-state index in [0.717, 1.165) is 34.5 Å². The normalized spacial score (nSPS) is 10.4. The zero-order valence-electron chi connectivity index (χ0n) is 16.2. The van der Waals surface area contributed by atoms with Crippen LogP contribution in [0.2, 0.25) is 0 Å². The highest BCUT2D eigenvalue weighted by atomic mass is 16.5. The van der Waals surface area contributed by atoms with Crippen LogP contribution < -0.4 is 15.8 Å². The van der Waals surface area contributed by atoms with E-state index in [1.165, 1.54) is 7.11 Å². The lowest BCUT2D eigenvalue weighted by Gasteiger charge is -2.04. The number of ether oxygens (including phenoxy) is 2. The summed E-state index contributed by atoms with van der Waals surface area (Å²) >= 11 is 0. The van der Waals surface area contributed by atoms with Gasteiger partial charge in [-0.3, -0.25) is 4.79 Å². The highest BCUT2D eigenvalue weighted by Crippen LogP contribution is 2.31. The summed E-state index contributed by atoms with van der Waals surface area (Å²) in [7, 11) is 3.12. The molecule has 0 atom stereocenters. The van der Waals surface area contributed by atoms with Crippen molar-refractivity contribution in [3.8, 4) is 17.6 Å². The number of fused-ring (bicyclic) bond motifs is 1. The van der Waals surface area contributed by atoms with Gasteiger partial charge in [0.1, 0.15) is 18.1 Å². The molecule has 0 aliphatic carbocycles. The van der Waals surface area contributed by atoms with E-state index in [9.17, 15) is 4.79 Å². The van der Waals surface area contributed by atoms with Crippen LogP contribution in [-0.4, -0.2) is 31.3 Å². The van der Waals surface area contributed by atoms with Crippen LogP contribution in [0.25, 0.3) is 10.9 Å². The van der Waals surface area contributed by atoms with Crippen LogP contribution in [-0.2, 0) is 16.1 Å². The van der Waals surface area contributed by atoms with E-state index in [1.807, 2.05) is 30.3 Å². The smallest absolute Gasteiger partial charge is 0.250 e. The second-order valence-corrected chi connectivity index (χ2v) is 6.20. The van der Waals surface area contributed by atoms with E-state index in [4.69, 9.17) is 15.2 Å². The quantitative estimate of drug-likeness (QED) is 0.669. The van der Waals surface area contributed by atoms with Crippen LogP contribution in [0.15, 0.2) is 42.5 Å². The number of nitrogens with zero attached hydrogens (tertiary/aromatic N) is 1. The molecule has 0 bridgehead atoms. The van der Waals surface area contributed by atoms with E-state index in [1.54, 1.807) is 19.2 Å². The van der Waals surface area contributed by atoms with E-state index in [2.05, 4.69) is 28.6 Å². The average molecular weight is 377 g/mol. The third kappa shape index (κ3) is 3.95. The fourth-order valence-electron chi connectivity index (χ4n) is 3.05. The van der Waals surface area contributed by atoms with Crippen molar-refractivity contribution in [2.24, 2.45) is 0 Å². The Balaban J connectivity index is 1.90. The van der Waals surface area contributed by atoms with Gasteiger partial charge in [0.05, 0.1) is 18.3 Å². The van der Waals surface area contributed by atoms with Crippen LogP contribution >= 0.6 is 0 Å². The Bertz CT molecular complexity index is 1060. The Morgan fingerprint density at radius 2 is 1.89 bits per heavy atom. The fourth-order valence-corrected chi connectivity index (χ4v) is 3.05. The number of hydrogen-bond donors (Lipinski definition) is 2. The molecule has 0 spiro atoms. The standard InChI is InChI=1S/C22H23N3O3/c1-4-25-19-12-10-17(28-3)13-18(19)22(23)20(25)11-7-15-5-8-16(9-6-15)24-21(26)14-27-2/h5-6,8-10,12-13H,4,14,23H2,1-3H3,(H,24,26). The predicted octanol–water partition coefficient (Wildman–Crippen LogP) is 3.24. The molecular formula is C22H23N3O3. The molecule has 2 aromatic carbocycles. The molecule has 6 nitrogen and oxygen atoms in total. The first-order valence-electron chi connectivity index (χ1n) is 8.94. The van der Waals surface area contributed by atoms with Crippen molar-refractivity contribution < 1.29 is 14.3 Å². The van der Waals surface area contributed by atoms with Crippen LogP contribution in [0, 0.1) is 11.8 Å². The van der Waals surface area contributed by atoms with E-state index in [-0.39, 0.29) is 12.5 Å². The Hall–Kier alpha value is -3.43. The van der Waals surface area contributed by atoms with Gasteiger partial charge >= 0.3 is 0 Å². The zero-order chi connectivity index (χ0) is 20.1. The number of methoxy groups -OCH3 is 2. The van der Waals surface area contributed by atoms with Gasteiger partial charge in [-0.1, -0.05) is 5.92 Å². The van der Waals surface area contributed by atoms with Gasteiger partial charge < -0.3 is 25.1 Å². The average Bonchev–Trinajstić information content (AvgIpc) is 2.98. The molecular weight excluding hydrogens is 354 g/mol. The number of carbonyl (C=O) groups is 1. The molecule has 144 valence electrons. The first kappa shape index (κ1) is 19.3. The zero-order valence-corrected chi connectivity index (χ0v) is 16.2. The molecule has 1 amide bonds. The van der Waals surface area contributed by atoms with Crippen LogP contribution in [0.3, 0.4) is 0 Å². The number of benzene rings is 2. The minimum atomic E-state index is -0.197. The number of rotatable bonds is 5. The Labute approximate surface area is 164 Å². The van der Waals surface area contributed by atoms with Gasteiger partial charge in [-0.25, -0.2) is 0 Å². The van der Waals surface area contributed by atoms with Crippen molar-refractivity contribution >= 4 is 28.2 Å². The van der Waals surface area contributed by atoms with Gasteiger partial charge in [-0.05, 0) is 55.3 Å². The number of anilines is 2. The van der Waals surface area contributed by atoms with Crippen molar-refractivity contribution in [1.29, 1.82) is 0 Å². The number of nitrogens with one attached hydrogen (secondary N) is 1. The van der Waals surface area contributed by atoms with Crippen molar-refractivity contribution in [3.63, 3.8) is 0 Å². The van der Waals surface area contributed by atoms with Gasteiger partial charge in [0.2, 0.25) is 5.91 Å². The summed E-state index contributed by atoms with van der Waals surface area (Å²) in [4.78, 5) is 11.6. The molecule has 0 saturated heterocycles. The molecule has 0 saturated carbocycles. The topological polar surface area (TPSA) is 78.5 Å². The van der Waals surface area contributed by atoms with E-state index < -0.39 is 0 Å². The van der Waals surface area contributed by atoms with E-state index >= 15 is 0 Å². The van der Waals surface area contributed by atoms with Gasteiger partial charge in [0.25, 0.3) is 0 Å². The summed E-state index contributed by atoms with van der Waals surface area (Å²) in [6.45, 7) is 2.84. The number of aryl methyl sites for hydroxylation is 1. The first-order chi connectivity index (χ1) is 13.6. The molecule has 3 N–H and O–H groups in total. The Morgan fingerprint density at radius 1 is 1.14 bits per heavy atom. The highest BCUT2D eigenvalue weighted by molar-refractivity contribution is 5.96. The maximum Gasteiger partial charge on any atom is 0.250 e. The van der Waals surface area contributed by atoms with Gasteiger partial charge in [-0.15, -0.1) is 0 Å². The summed E-state index contributed by atoms with van der Waals surface area (Å²) in [5.41, 5.74) is 10.4. The maximum absolute atomic E-state index is 11.6. The fraction of sp³-hybridized carbons (Fsp3) is 0.227. The maximum atomic E-state index is 11.6. The summed E-state index contributed by atoms with van der Waals surface area (Å²) in [6, 6.07) is 13.2. The largest absolute Gasteiger partial charge is 0.497 e. The second kappa shape index (κ2) is 8.51. The summed E-state index contributed by atoms with van der Waals surface area (Å²) in [5.74, 6) is 6.91. The number of aromatic nitrogens is 1. The van der Waals surface area contributed by atoms with Crippen LogP contribution in [0.4, 0.5) is 11.4 Å². The number of hydrogen-bond acceptors (Lipinski definition) is 4. The molecule has 0 aliphatic rings. The minimum Gasteiger partial charge on any atom is -0.497 e. The molecule has 0 radical (unpaired) electrons. The van der Waals surface area contributed by atoms with Crippen molar-refractivity contribution in [2.45, 2.75) is 13.5 Å². The third-order valence-corrected chi connectivity index (χ3v) is 4.40. The SMILES string of the molecule is CCn1c(C#Cc2ccc(NC(=O)COC)cc2)c(N)c2cc(OC)ccc21. The molecule has 6 heteroatoms. The highest BCUT2D eigenvalue weighted by Gasteiger charge is 2.13. The van der Waals surface area contributed by atoms with Gasteiger partial charge in [0, 0.05) is 30.3 Å². The monoisotopic (exact) mass is 377 g/mol. The van der Waals surface area contributed by atoms with E-state index in [0.29, 0.717) is 11.4 Å². The number of nitrogen functional groups attached to an aromatic ring is 1. The van der Waals surface area contributed by atoms with Crippen LogP contribution in [0.5, 0.6) is 5.75 Å². The number of amides is 1. The summed E-state index contributed by atoms with van der Waals surface area (Å²) in [5, 5.41) is 3.68. The third-order valence-electron chi connectivity index (χ3n) is 4.40. The molecule has 0 fully saturated rings. The lowest BCUT2D eigenvalue weighted by atomic mass is 10.2. The molecule has 1 aromatic heterocycles. The Morgan fingerprint density at radius 3 is 2.54 bits per heavy atom. The number of carbonyl (C=O) groups excluding carboxylic acids is 1. The van der Waals surface area contributed by atoms with Gasteiger partial charge in [-0.2, -0.15) is 0 Å². The summed E-state index contributed by atoms with van der Waals surface area (Å²) in [6.07, 6.45) is 0. The summed E-state index contributed by atoms with van der Waals surface area (Å²) < 4.78 is 12.2. The molecule has 28 heavy (non-hydrogen) atoms. The molecule has 1 heterocycles. The van der Waals surface area contributed by atoms with Crippen molar-refractivity contribution in [1.82, 2.24) is 4.57 Å². The van der Waals surface area contributed by atoms with Crippen molar-refractivity contribution in [2.75, 3.05) is 31.9 Å². The Kier molecular flexibility index (Phi) is 5.87. The second-order valence-electron chi connectivity index (χ2n) is 6.20. The molecule has 3 aromatic rings.